The summed E-state index contributed by atoms with van der Waals surface area (Å²) in [6.07, 6.45) is 2.54. The molecule has 1 aliphatic heterocycles. The van der Waals surface area contributed by atoms with Gasteiger partial charge in [0, 0.05) is 12.6 Å². The number of likely N-dealkylation sites (tertiary alicyclic amines) is 1. The molecule has 1 aliphatic rings. The Bertz CT molecular complexity index is 588. The van der Waals surface area contributed by atoms with E-state index in [1.807, 2.05) is 18.2 Å². The number of aromatic nitrogens is 2. The molecule has 0 spiro atoms. The second kappa shape index (κ2) is 5.81. The molecule has 0 atom stereocenters. The molecule has 1 aromatic carbocycles. The molecule has 0 amide bonds. The fraction of sp³-hybridized carbons (Fsp3) is 0.533. The van der Waals surface area contributed by atoms with E-state index in [2.05, 4.69) is 9.47 Å². The van der Waals surface area contributed by atoms with Crippen LogP contribution in [0.5, 0.6) is 5.75 Å². The normalized spacial score (nSPS) is 16.1. The van der Waals surface area contributed by atoms with Crippen LogP contribution in [0.1, 0.15) is 18.7 Å². The number of hydrogen-bond donors (Lipinski definition) is 1. The highest BCUT2D eigenvalue weighted by molar-refractivity contribution is 5.77. The van der Waals surface area contributed by atoms with Crippen LogP contribution in [0, 0.1) is 0 Å². The molecule has 1 fully saturated rings. The van der Waals surface area contributed by atoms with Crippen LogP contribution in [0.3, 0.4) is 0 Å². The Morgan fingerprint density at radius 2 is 2.10 bits per heavy atom. The molecule has 20 heavy (non-hydrogen) atoms. The number of rotatable bonds is 5. The zero-order valence-corrected chi connectivity index (χ0v) is 11.9. The summed E-state index contributed by atoms with van der Waals surface area (Å²) in [4.78, 5) is 7.16. The van der Waals surface area contributed by atoms with Crippen molar-refractivity contribution < 1.29 is 9.84 Å². The molecular formula is C15H21N3O2. The van der Waals surface area contributed by atoms with E-state index in [1.54, 1.807) is 7.11 Å². The molecule has 108 valence electrons. The van der Waals surface area contributed by atoms with Crippen molar-refractivity contribution >= 4 is 11.0 Å². The van der Waals surface area contributed by atoms with Gasteiger partial charge in [0.1, 0.15) is 11.6 Å². The molecule has 5 nitrogen and oxygen atoms in total. The van der Waals surface area contributed by atoms with E-state index >= 15 is 0 Å². The van der Waals surface area contributed by atoms with Crippen molar-refractivity contribution in [3.8, 4) is 5.75 Å². The largest absolute Gasteiger partial charge is 0.497 e. The third-order valence-corrected chi connectivity index (χ3v) is 3.92. The quantitative estimate of drug-likeness (QED) is 0.901. The van der Waals surface area contributed by atoms with Crippen molar-refractivity contribution in [1.82, 2.24) is 14.5 Å². The maximum atomic E-state index is 9.30. The summed E-state index contributed by atoms with van der Waals surface area (Å²) in [6, 6.07) is 5.92. The van der Waals surface area contributed by atoms with Gasteiger partial charge < -0.3 is 14.4 Å². The van der Waals surface area contributed by atoms with Crippen LogP contribution >= 0.6 is 0 Å². The Labute approximate surface area is 118 Å². The summed E-state index contributed by atoms with van der Waals surface area (Å²) in [5, 5.41) is 9.30. The van der Waals surface area contributed by atoms with Crippen LogP contribution < -0.4 is 4.74 Å². The number of imidazole rings is 1. The first kappa shape index (κ1) is 13.4. The van der Waals surface area contributed by atoms with Crippen LogP contribution in [0.2, 0.25) is 0 Å². The number of aliphatic hydroxyl groups excluding tert-OH is 1. The predicted molar refractivity (Wildman–Crippen MR) is 77.9 cm³/mol. The fourth-order valence-electron chi connectivity index (χ4n) is 2.90. The molecule has 3 rings (SSSR count). The number of benzene rings is 1. The molecule has 0 bridgehead atoms. The van der Waals surface area contributed by atoms with Crippen LogP contribution in [0.25, 0.3) is 11.0 Å². The molecule has 0 aliphatic carbocycles. The van der Waals surface area contributed by atoms with Crippen LogP contribution in [0.15, 0.2) is 18.2 Å². The molecule has 0 saturated carbocycles. The van der Waals surface area contributed by atoms with E-state index in [0.717, 1.165) is 42.2 Å². The number of ether oxygens (including phenoxy) is 1. The van der Waals surface area contributed by atoms with Gasteiger partial charge in [-0.15, -0.1) is 0 Å². The third kappa shape index (κ3) is 2.51. The number of fused-ring (bicyclic) bond motifs is 1. The molecule has 2 aromatic rings. The summed E-state index contributed by atoms with van der Waals surface area (Å²) in [6.45, 7) is 3.87. The van der Waals surface area contributed by atoms with Gasteiger partial charge in [-0.3, -0.25) is 4.90 Å². The van der Waals surface area contributed by atoms with Gasteiger partial charge in [-0.2, -0.15) is 0 Å². The molecular weight excluding hydrogens is 254 g/mol. The van der Waals surface area contributed by atoms with Crippen molar-refractivity contribution in [2.24, 2.45) is 0 Å². The monoisotopic (exact) mass is 275 g/mol. The Balaban J connectivity index is 1.97. The van der Waals surface area contributed by atoms with Gasteiger partial charge in [0.2, 0.25) is 0 Å². The highest BCUT2D eigenvalue weighted by Crippen LogP contribution is 2.23. The molecule has 0 unspecified atom stereocenters. The summed E-state index contributed by atoms with van der Waals surface area (Å²) in [5.41, 5.74) is 2.00. The minimum atomic E-state index is 0.129. The average molecular weight is 275 g/mol. The highest BCUT2D eigenvalue weighted by atomic mass is 16.5. The van der Waals surface area contributed by atoms with Crippen molar-refractivity contribution in [2.45, 2.75) is 25.9 Å². The molecule has 0 radical (unpaired) electrons. The molecule has 2 heterocycles. The van der Waals surface area contributed by atoms with E-state index in [9.17, 15) is 5.11 Å². The smallest absolute Gasteiger partial charge is 0.124 e. The lowest BCUT2D eigenvalue weighted by atomic mass is 10.3. The summed E-state index contributed by atoms with van der Waals surface area (Å²) >= 11 is 0. The maximum absolute atomic E-state index is 9.30. The van der Waals surface area contributed by atoms with Gasteiger partial charge in [0.15, 0.2) is 0 Å². The van der Waals surface area contributed by atoms with Gasteiger partial charge in [0.05, 0.1) is 31.3 Å². The average Bonchev–Trinajstić information content (AvgIpc) is 3.08. The van der Waals surface area contributed by atoms with E-state index in [1.165, 1.54) is 12.8 Å². The second-order valence-electron chi connectivity index (χ2n) is 5.24. The van der Waals surface area contributed by atoms with Crippen molar-refractivity contribution in [1.29, 1.82) is 0 Å². The minimum absolute atomic E-state index is 0.129. The fourth-order valence-corrected chi connectivity index (χ4v) is 2.90. The summed E-state index contributed by atoms with van der Waals surface area (Å²) in [7, 11) is 1.66. The predicted octanol–water partition coefficient (Wildman–Crippen LogP) is 1.63. The van der Waals surface area contributed by atoms with Crippen molar-refractivity contribution in [3.05, 3.63) is 24.0 Å². The first-order chi connectivity index (χ1) is 9.81. The van der Waals surface area contributed by atoms with E-state index in [0.29, 0.717) is 6.54 Å². The zero-order chi connectivity index (χ0) is 13.9. The Hall–Kier alpha value is -1.59. The Morgan fingerprint density at radius 3 is 2.80 bits per heavy atom. The lowest BCUT2D eigenvalue weighted by molar-refractivity contribution is 0.268. The molecule has 1 aromatic heterocycles. The SMILES string of the molecule is COc1ccc2c(c1)nc(CN1CCCC1)n2CCO. The third-order valence-electron chi connectivity index (χ3n) is 3.92. The van der Waals surface area contributed by atoms with E-state index in [4.69, 9.17) is 9.72 Å². The summed E-state index contributed by atoms with van der Waals surface area (Å²) < 4.78 is 7.37. The van der Waals surface area contributed by atoms with Crippen LogP contribution in [0.4, 0.5) is 0 Å². The Kier molecular flexibility index (Phi) is 3.89. The van der Waals surface area contributed by atoms with E-state index < -0.39 is 0 Å². The number of aliphatic hydroxyl groups is 1. The van der Waals surface area contributed by atoms with Gasteiger partial charge in [-0.05, 0) is 38.1 Å². The highest BCUT2D eigenvalue weighted by Gasteiger charge is 2.17. The van der Waals surface area contributed by atoms with Crippen molar-refractivity contribution in [2.75, 3.05) is 26.8 Å². The Morgan fingerprint density at radius 1 is 1.30 bits per heavy atom. The van der Waals surface area contributed by atoms with E-state index in [-0.39, 0.29) is 6.61 Å². The van der Waals surface area contributed by atoms with Gasteiger partial charge in [0.25, 0.3) is 0 Å². The van der Waals surface area contributed by atoms with Gasteiger partial charge in [-0.25, -0.2) is 4.98 Å². The molecule has 1 N–H and O–H groups in total. The minimum Gasteiger partial charge on any atom is -0.497 e. The second-order valence-corrected chi connectivity index (χ2v) is 5.24. The van der Waals surface area contributed by atoms with Crippen LogP contribution in [-0.2, 0) is 13.1 Å². The first-order valence-corrected chi connectivity index (χ1v) is 7.18. The molecule has 5 heteroatoms. The van der Waals surface area contributed by atoms with Gasteiger partial charge >= 0.3 is 0 Å². The number of methoxy groups -OCH3 is 1. The number of nitrogens with zero attached hydrogens (tertiary/aromatic N) is 3. The lowest BCUT2D eigenvalue weighted by Gasteiger charge is -2.15. The van der Waals surface area contributed by atoms with Crippen molar-refractivity contribution in [3.63, 3.8) is 0 Å². The standard InChI is InChI=1S/C15H21N3O2/c1-20-12-4-5-14-13(10-12)16-15(18(14)8-9-19)11-17-6-2-3-7-17/h4-5,10,19H,2-3,6-9,11H2,1H3. The topological polar surface area (TPSA) is 50.5 Å². The molecule has 1 saturated heterocycles. The lowest BCUT2D eigenvalue weighted by Crippen LogP contribution is -2.21. The zero-order valence-electron chi connectivity index (χ0n) is 11.9. The maximum Gasteiger partial charge on any atom is 0.124 e. The summed E-state index contributed by atoms with van der Waals surface area (Å²) in [5.74, 6) is 1.85. The number of hydrogen-bond acceptors (Lipinski definition) is 4. The van der Waals surface area contributed by atoms with Crippen LogP contribution in [-0.4, -0.2) is 46.4 Å². The van der Waals surface area contributed by atoms with Gasteiger partial charge in [-0.1, -0.05) is 0 Å². The first-order valence-electron chi connectivity index (χ1n) is 7.18.